The molecule has 0 bridgehead atoms. The highest BCUT2D eigenvalue weighted by molar-refractivity contribution is 6.11. The molecule has 0 spiro atoms. The summed E-state index contributed by atoms with van der Waals surface area (Å²) in [7, 11) is 0. The van der Waals surface area contributed by atoms with Crippen LogP contribution in [0, 0.1) is 0 Å². The minimum Gasteiger partial charge on any atom is -0.309 e. The van der Waals surface area contributed by atoms with Gasteiger partial charge in [-0.3, -0.25) is 0 Å². The van der Waals surface area contributed by atoms with Gasteiger partial charge in [-0.05, 0) is 145 Å². The summed E-state index contributed by atoms with van der Waals surface area (Å²) < 4.78 is 5.00. The van der Waals surface area contributed by atoms with Gasteiger partial charge in [-0.1, -0.05) is 119 Å². The van der Waals surface area contributed by atoms with Gasteiger partial charge in [0.25, 0.3) is 0 Å². The topological polar surface area (TPSA) is 9.86 Å². The van der Waals surface area contributed by atoms with Crippen molar-refractivity contribution in [2.75, 3.05) is 0 Å². The van der Waals surface area contributed by atoms with Crippen molar-refractivity contribution < 1.29 is 0 Å². The number of hydrogen-bond donors (Lipinski definition) is 0. The minimum absolute atomic E-state index is 0.0688. The molecule has 9 rings (SSSR count). The largest absolute Gasteiger partial charge is 0.309 e. The molecule has 6 aromatic carbocycles. The number of benzene rings is 6. The third kappa shape index (κ3) is 5.74. The van der Waals surface area contributed by atoms with Gasteiger partial charge in [0.2, 0.25) is 0 Å². The Kier molecular flexibility index (Phi) is 7.59. The normalized spacial score (nSPS) is 13.7. The van der Waals surface area contributed by atoms with Gasteiger partial charge in [0.15, 0.2) is 0 Å². The van der Waals surface area contributed by atoms with Crippen LogP contribution >= 0.6 is 0 Å². The van der Waals surface area contributed by atoms with Gasteiger partial charge in [-0.25, -0.2) is 0 Å². The van der Waals surface area contributed by atoms with Crippen molar-refractivity contribution in [1.29, 1.82) is 0 Å². The fourth-order valence-corrected chi connectivity index (χ4v) is 8.89. The van der Waals surface area contributed by atoms with E-state index < -0.39 is 0 Å². The predicted molar refractivity (Wildman–Crippen MR) is 238 cm³/mol. The third-order valence-electron chi connectivity index (χ3n) is 12.4. The predicted octanol–water partition coefficient (Wildman–Crippen LogP) is 14.6. The Morgan fingerprint density at radius 2 is 0.600 bits per heavy atom. The molecule has 0 radical (unpaired) electrons. The maximum absolute atomic E-state index is 2.50. The molecule has 2 nitrogen and oxygen atoms in total. The Balaban J connectivity index is 1.24. The molecule has 0 saturated carbocycles. The second-order valence-electron chi connectivity index (χ2n) is 20.5. The van der Waals surface area contributed by atoms with E-state index in [1.165, 1.54) is 99.5 Å². The van der Waals surface area contributed by atoms with Gasteiger partial charge in [0.05, 0.1) is 22.1 Å². The van der Waals surface area contributed by atoms with E-state index in [2.05, 4.69) is 201 Å². The van der Waals surface area contributed by atoms with Crippen LogP contribution in [-0.2, 0) is 28.1 Å². The minimum atomic E-state index is 0.0688. The average Bonchev–Trinajstić information content (AvgIpc) is 3.75. The van der Waals surface area contributed by atoms with Crippen molar-refractivity contribution in [3.8, 4) is 22.5 Å². The molecule has 0 N–H and O–H groups in total. The molecular weight excluding hydrogens is 665 g/mol. The molecule has 0 unspecified atom stereocenters. The first-order valence-electron chi connectivity index (χ1n) is 20.2. The monoisotopic (exact) mass is 720 g/mol. The maximum Gasteiger partial charge on any atom is 0.0541 e. The van der Waals surface area contributed by atoms with Crippen molar-refractivity contribution >= 4 is 43.6 Å². The fraction of sp³-hybridized carbons (Fsp3) is 0.321. The van der Waals surface area contributed by atoms with Gasteiger partial charge in [-0.2, -0.15) is 0 Å². The van der Waals surface area contributed by atoms with Crippen LogP contribution in [0.5, 0.6) is 0 Å². The summed E-state index contributed by atoms with van der Waals surface area (Å²) in [6.45, 7) is 27.7. The molecule has 0 fully saturated rings. The van der Waals surface area contributed by atoms with Gasteiger partial charge in [0, 0.05) is 32.9 Å². The first-order chi connectivity index (χ1) is 25.8. The number of rotatable bonds is 2. The summed E-state index contributed by atoms with van der Waals surface area (Å²) in [5.41, 5.74) is 18.7. The maximum atomic E-state index is 2.50. The number of hydrogen-bond acceptors (Lipinski definition) is 0. The molecule has 55 heavy (non-hydrogen) atoms. The highest BCUT2D eigenvalue weighted by Gasteiger charge is 2.26. The van der Waals surface area contributed by atoms with Crippen molar-refractivity contribution in [2.24, 2.45) is 0 Å². The standard InChI is InChI=1S/C53H56N2/c1-50(2,3)34-15-21-46-42(26-34)43-27-35(51(4,5)6)16-22-47(43)54(46)38-19-13-32-25-33-14-20-39(31-41(33)40(32)30-38)55-48-23-17-36(52(7,8)9)28-44(48)45-29-37(53(10,11)12)18-24-49(45)55/h13-24,26-31H,25H2,1-12H3. The van der Waals surface area contributed by atoms with E-state index in [1.807, 2.05) is 0 Å². The van der Waals surface area contributed by atoms with Crippen LogP contribution < -0.4 is 0 Å². The smallest absolute Gasteiger partial charge is 0.0541 e. The molecule has 8 aromatic rings. The van der Waals surface area contributed by atoms with Crippen LogP contribution in [0.15, 0.2) is 109 Å². The Morgan fingerprint density at radius 1 is 0.327 bits per heavy atom. The number of fused-ring (bicyclic) bond motifs is 9. The zero-order valence-electron chi connectivity index (χ0n) is 35.0. The SMILES string of the molecule is CC(C)(C)c1ccc2c(c1)c1cc(C(C)(C)C)ccc1n2-c1ccc2c(c1)-c1cc(-n3c4ccc(C(C)(C)C)cc4c4cc(C(C)(C)C)ccc43)ccc1C2. The summed E-state index contributed by atoms with van der Waals surface area (Å²) in [6, 6.07) is 42.8. The lowest BCUT2D eigenvalue weighted by atomic mass is 9.85. The zero-order chi connectivity index (χ0) is 39.0. The highest BCUT2D eigenvalue weighted by atomic mass is 15.0. The van der Waals surface area contributed by atoms with E-state index in [0.29, 0.717) is 0 Å². The van der Waals surface area contributed by atoms with E-state index in [-0.39, 0.29) is 21.7 Å². The van der Waals surface area contributed by atoms with E-state index >= 15 is 0 Å². The molecule has 2 aromatic heterocycles. The van der Waals surface area contributed by atoms with Crippen LogP contribution in [0.1, 0.15) is 116 Å². The summed E-state index contributed by atoms with van der Waals surface area (Å²) in [6.07, 6.45) is 0.958. The lowest BCUT2D eigenvalue weighted by Gasteiger charge is -2.19. The molecule has 2 heterocycles. The van der Waals surface area contributed by atoms with E-state index in [4.69, 9.17) is 0 Å². The Bertz CT molecular complexity index is 2520. The molecule has 0 amide bonds. The van der Waals surface area contributed by atoms with Crippen LogP contribution in [0.2, 0.25) is 0 Å². The van der Waals surface area contributed by atoms with Crippen molar-refractivity contribution in [2.45, 2.75) is 111 Å². The zero-order valence-corrected chi connectivity index (χ0v) is 35.0. The Labute approximate surface area is 327 Å². The van der Waals surface area contributed by atoms with Crippen LogP contribution in [0.25, 0.3) is 66.1 Å². The Hall–Kier alpha value is -5.08. The summed E-state index contributed by atoms with van der Waals surface area (Å²) in [5.74, 6) is 0. The van der Waals surface area contributed by atoms with Crippen molar-refractivity contribution in [3.63, 3.8) is 0 Å². The Morgan fingerprint density at radius 3 is 0.855 bits per heavy atom. The van der Waals surface area contributed by atoms with Crippen LogP contribution in [-0.4, -0.2) is 9.13 Å². The average molecular weight is 721 g/mol. The van der Waals surface area contributed by atoms with Gasteiger partial charge < -0.3 is 9.13 Å². The van der Waals surface area contributed by atoms with E-state index in [9.17, 15) is 0 Å². The van der Waals surface area contributed by atoms with Crippen molar-refractivity contribution in [3.05, 3.63) is 143 Å². The van der Waals surface area contributed by atoms with Crippen molar-refractivity contribution in [1.82, 2.24) is 9.13 Å². The second kappa shape index (κ2) is 11.7. The third-order valence-corrected chi connectivity index (χ3v) is 12.4. The molecule has 0 saturated heterocycles. The summed E-state index contributed by atoms with van der Waals surface area (Å²) >= 11 is 0. The molecule has 0 atom stereocenters. The molecule has 1 aliphatic rings. The first kappa shape index (κ1) is 35.6. The summed E-state index contributed by atoms with van der Waals surface area (Å²) in [5, 5.41) is 5.30. The van der Waals surface area contributed by atoms with Crippen LogP contribution in [0.4, 0.5) is 0 Å². The van der Waals surface area contributed by atoms with Gasteiger partial charge in [-0.15, -0.1) is 0 Å². The fourth-order valence-electron chi connectivity index (χ4n) is 8.89. The van der Waals surface area contributed by atoms with Crippen LogP contribution in [0.3, 0.4) is 0 Å². The lowest BCUT2D eigenvalue weighted by Crippen LogP contribution is -2.10. The lowest BCUT2D eigenvalue weighted by molar-refractivity contribution is 0.590. The summed E-state index contributed by atoms with van der Waals surface area (Å²) in [4.78, 5) is 0. The van der Waals surface area contributed by atoms with E-state index in [0.717, 1.165) is 6.42 Å². The van der Waals surface area contributed by atoms with Gasteiger partial charge >= 0.3 is 0 Å². The molecular formula is C53H56N2. The first-order valence-corrected chi connectivity index (χ1v) is 20.2. The van der Waals surface area contributed by atoms with E-state index in [1.54, 1.807) is 0 Å². The number of nitrogens with zero attached hydrogens (tertiary/aromatic N) is 2. The molecule has 1 aliphatic carbocycles. The quantitative estimate of drug-likeness (QED) is 0.168. The molecule has 2 heteroatoms. The molecule has 278 valence electrons. The number of aromatic nitrogens is 2. The van der Waals surface area contributed by atoms with Gasteiger partial charge in [0.1, 0.15) is 0 Å². The highest BCUT2D eigenvalue weighted by Crippen LogP contribution is 2.44. The molecule has 0 aliphatic heterocycles. The second-order valence-corrected chi connectivity index (χ2v) is 20.5.